The maximum atomic E-state index is 5.65. The van der Waals surface area contributed by atoms with Crippen molar-refractivity contribution in [2.24, 2.45) is 0 Å². The van der Waals surface area contributed by atoms with E-state index in [1.54, 1.807) is 0 Å². The largest absolute Gasteiger partial charge is 0.492 e. The average molecular weight is 312 g/mol. The Bertz CT molecular complexity index is 375. The van der Waals surface area contributed by atoms with Crippen molar-refractivity contribution in [3.8, 4) is 5.75 Å². The summed E-state index contributed by atoms with van der Waals surface area (Å²) >= 11 is 3.58. The van der Waals surface area contributed by atoms with Crippen LogP contribution in [0, 0.1) is 0 Å². The summed E-state index contributed by atoms with van der Waals surface area (Å²) in [5, 5.41) is 3.63. The number of hydrogen-bond donors (Lipinski definition) is 1. The summed E-state index contributed by atoms with van der Waals surface area (Å²) < 4.78 is 6.71. The Labute approximate surface area is 118 Å². The number of ether oxygens (including phenoxy) is 1. The van der Waals surface area contributed by atoms with Crippen LogP contribution in [0.15, 0.2) is 22.7 Å². The molecule has 0 aromatic heterocycles. The summed E-state index contributed by atoms with van der Waals surface area (Å²) in [6.07, 6.45) is 6.46. The molecule has 18 heavy (non-hydrogen) atoms. The lowest BCUT2D eigenvalue weighted by molar-refractivity contribution is 0.315. The second-order valence-corrected chi connectivity index (χ2v) is 5.83. The number of halogens is 1. The average Bonchev–Trinajstić information content (AvgIpc) is 2.88. The van der Waals surface area contributed by atoms with E-state index in [9.17, 15) is 0 Å². The normalized spacial score (nSPS) is 16.1. The summed E-state index contributed by atoms with van der Waals surface area (Å²) in [6, 6.07) is 7.09. The third-order valence-corrected chi connectivity index (χ3v) is 4.03. The first-order chi connectivity index (χ1) is 8.79. The van der Waals surface area contributed by atoms with Gasteiger partial charge < -0.3 is 10.1 Å². The van der Waals surface area contributed by atoms with E-state index in [4.69, 9.17) is 4.74 Å². The molecule has 0 aliphatic heterocycles. The van der Waals surface area contributed by atoms with Crippen molar-refractivity contribution in [2.75, 3.05) is 6.61 Å². The minimum absolute atomic E-state index is 0.722. The van der Waals surface area contributed by atoms with Gasteiger partial charge in [0, 0.05) is 12.6 Å². The molecule has 0 radical (unpaired) electrons. The second-order valence-electron chi connectivity index (χ2n) is 4.98. The summed E-state index contributed by atoms with van der Waals surface area (Å²) in [5.74, 6) is 0.946. The molecule has 0 unspecified atom stereocenters. The molecular formula is C15H22BrNO. The van der Waals surface area contributed by atoms with Gasteiger partial charge in [0.15, 0.2) is 0 Å². The van der Waals surface area contributed by atoms with Gasteiger partial charge in [-0.05, 0) is 52.9 Å². The Morgan fingerprint density at radius 1 is 1.33 bits per heavy atom. The molecule has 0 amide bonds. The van der Waals surface area contributed by atoms with Crippen molar-refractivity contribution in [1.29, 1.82) is 0 Å². The Hall–Kier alpha value is -0.540. The monoisotopic (exact) mass is 311 g/mol. The molecule has 1 N–H and O–H groups in total. The van der Waals surface area contributed by atoms with Crippen molar-refractivity contribution >= 4 is 15.9 Å². The van der Waals surface area contributed by atoms with Crippen LogP contribution in [0.25, 0.3) is 0 Å². The fraction of sp³-hybridized carbons (Fsp3) is 0.600. The van der Waals surface area contributed by atoms with E-state index in [0.717, 1.165) is 35.8 Å². The molecule has 1 aliphatic rings. The number of rotatable bonds is 6. The summed E-state index contributed by atoms with van der Waals surface area (Å²) in [7, 11) is 0. The van der Waals surface area contributed by atoms with Crippen LogP contribution in [0.4, 0.5) is 0 Å². The van der Waals surface area contributed by atoms with Gasteiger partial charge in [0.2, 0.25) is 0 Å². The highest BCUT2D eigenvalue weighted by Gasteiger charge is 2.13. The van der Waals surface area contributed by atoms with Crippen LogP contribution >= 0.6 is 15.9 Å². The first-order valence-electron chi connectivity index (χ1n) is 6.94. The molecule has 3 heteroatoms. The van der Waals surface area contributed by atoms with Gasteiger partial charge in [-0.15, -0.1) is 0 Å². The number of nitrogens with one attached hydrogen (secondary N) is 1. The molecule has 2 nitrogen and oxygen atoms in total. The zero-order valence-corrected chi connectivity index (χ0v) is 12.6. The van der Waals surface area contributed by atoms with Gasteiger partial charge >= 0.3 is 0 Å². The predicted molar refractivity (Wildman–Crippen MR) is 79.0 cm³/mol. The van der Waals surface area contributed by atoms with Crippen LogP contribution in [-0.2, 0) is 6.54 Å². The third-order valence-electron chi connectivity index (χ3n) is 3.41. The molecule has 1 aliphatic carbocycles. The molecule has 0 saturated heterocycles. The van der Waals surface area contributed by atoms with E-state index in [2.05, 4.69) is 46.4 Å². The summed E-state index contributed by atoms with van der Waals surface area (Å²) in [5.41, 5.74) is 1.32. The zero-order valence-electron chi connectivity index (χ0n) is 11.0. The smallest absolute Gasteiger partial charge is 0.133 e. The van der Waals surface area contributed by atoms with Crippen LogP contribution in [0.5, 0.6) is 5.75 Å². The highest BCUT2D eigenvalue weighted by Crippen LogP contribution is 2.26. The lowest BCUT2D eigenvalue weighted by Crippen LogP contribution is -2.25. The van der Waals surface area contributed by atoms with Crippen molar-refractivity contribution in [3.05, 3.63) is 28.2 Å². The molecule has 2 rings (SSSR count). The molecular weight excluding hydrogens is 290 g/mol. The van der Waals surface area contributed by atoms with E-state index < -0.39 is 0 Å². The summed E-state index contributed by atoms with van der Waals surface area (Å²) in [4.78, 5) is 0. The van der Waals surface area contributed by atoms with Crippen LogP contribution in [0.3, 0.4) is 0 Å². The fourth-order valence-corrected chi connectivity index (χ4v) is 2.92. The molecule has 1 aromatic rings. The zero-order chi connectivity index (χ0) is 12.8. The van der Waals surface area contributed by atoms with Gasteiger partial charge in [-0.2, -0.15) is 0 Å². The number of hydrogen-bond acceptors (Lipinski definition) is 2. The van der Waals surface area contributed by atoms with Gasteiger partial charge in [-0.1, -0.05) is 25.8 Å². The fourth-order valence-electron chi connectivity index (χ4n) is 2.38. The Morgan fingerprint density at radius 3 is 2.78 bits per heavy atom. The third kappa shape index (κ3) is 3.99. The lowest BCUT2D eigenvalue weighted by Gasteiger charge is -2.13. The molecule has 1 fully saturated rings. The van der Waals surface area contributed by atoms with Gasteiger partial charge in [-0.25, -0.2) is 0 Å². The SMILES string of the molecule is CCCOc1ccc(CNC2CCCC2)cc1Br. The highest BCUT2D eigenvalue weighted by molar-refractivity contribution is 9.10. The second kappa shape index (κ2) is 7.15. The Morgan fingerprint density at radius 2 is 2.11 bits per heavy atom. The Kier molecular flexibility index (Phi) is 5.51. The van der Waals surface area contributed by atoms with Crippen LogP contribution in [-0.4, -0.2) is 12.6 Å². The minimum Gasteiger partial charge on any atom is -0.492 e. The van der Waals surface area contributed by atoms with E-state index in [1.165, 1.54) is 31.2 Å². The quantitative estimate of drug-likeness (QED) is 0.847. The maximum Gasteiger partial charge on any atom is 0.133 e. The highest BCUT2D eigenvalue weighted by atomic mass is 79.9. The van der Waals surface area contributed by atoms with Gasteiger partial charge in [0.25, 0.3) is 0 Å². The summed E-state index contributed by atoms with van der Waals surface area (Å²) in [6.45, 7) is 3.85. The van der Waals surface area contributed by atoms with Crippen molar-refractivity contribution in [1.82, 2.24) is 5.32 Å². The molecule has 1 saturated carbocycles. The molecule has 0 spiro atoms. The van der Waals surface area contributed by atoms with Gasteiger partial charge in [0.1, 0.15) is 5.75 Å². The molecule has 0 bridgehead atoms. The number of benzene rings is 1. The van der Waals surface area contributed by atoms with E-state index in [0.29, 0.717) is 0 Å². The van der Waals surface area contributed by atoms with E-state index in [-0.39, 0.29) is 0 Å². The first-order valence-corrected chi connectivity index (χ1v) is 7.73. The molecule has 0 heterocycles. The standard InChI is InChI=1S/C15H22BrNO/c1-2-9-18-15-8-7-12(10-14(15)16)11-17-13-5-3-4-6-13/h7-8,10,13,17H,2-6,9,11H2,1H3. The maximum absolute atomic E-state index is 5.65. The van der Waals surface area contributed by atoms with Gasteiger partial charge in [-0.3, -0.25) is 0 Å². The molecule has 0 atom stereocenters. The molecule has 100 valence electrons. The minimum atomic E-state index is 0.722. The van der Waals surface area contributed by atoms with Crippen LogP contribution in [0.2, 0.25) is 0 Å². The lowest BCUT2D eigenvalue weighted by atomic mass is 10.2. The van der Waals surface area contributed by atoms with E-state index >= 15 is 0 Å². The van der Waals surface area contributed by atoms with Crippen molar-refractivity contribution < 1.29 is 4.74 Å². The van der Waals surface area contributed by atoms with Crippen LogP contribution in [0.1, 0.15) is 44.6 Å². The van der Waals surface area contributed by atoms with Gasteiger partial charge in [0.05, 0.1) is 11.1 Å². The van der Waals surface area contributed by atoms with Crippen LogP contribution < -0.4 is 10.1 Å². The topological polar surface area (TPSA) is 21.3 Å². The molecule has 1 aromatic carbocycles. The predicted octanol–water partition coefficient (Wildman–Crippen LogP) is 4.27. The van der Waals surface area contributed by atoms with Crippen molar-refractivity contribution in [2.45, 2.75) is 51.6 Å². The Balaban J connectivity index is 1.87. The van der Waals surface area contributed by atoms with Crippen molar-refractivity contribution in [3.63, 3.8) is 0 Å². The van der Waals surface area contributed by atoms with E-state index in [1.807, 2.05) is 0 Å². The first kappa shape index (κ1) is 13.9.